The van der Waals surface area contributed by atoms with Crippen LogP contribution in [0, 0.1) is 0 Å². The van der Waals surface area contributed by atoms with Crippen molar-refractivity contribution in [1.29, 1.82) is 0 Å². The van der Waals surface area contributed by atoms with Gasteiger partial charge in [0, 0.05) is 26.0 Å². The average Bonchev–Trinajstić information content (AvgIpc) is 2.45. The van der Waals surface area contributed by atoms with Crippen LogP contribution in [0.4, 0.5) is 4.79 Å². The molecule has 5 heteroatoms. The Morgan fingerprint density at radius 2 is 1.92 bits per heavy atom. The SMILES string of the molecule is CC(C)(C)OC(=O)NCCc1ccc2c(c1)COC(C)(C)O2.CCC. The highest BCUT2D eigenvalue weighted by Crippen LogP contribution is 2.31. The van der Waals surface area contributed by atoms with Gasteiger partial charge in [-0.1, -0.05) is 26.3 Å². The number of hydrogen-bond donors (Lipinski definition) is 1. The van der Waals surface area contributed by atoms with Gasteiger partial charge in [0.05, 0.1) is 6.61 Å². The Morgan fingerprint density at radius 3 is 2.52 bits per heavy atom. The second kappa shape index (κ2) is 9.09. The lowest BCUT2D eigenvalue weighted by atomic mass is 10.1. The topological polar surface area (TPSA) is 56.8 Å². The summed E-state index contributed by atoms with van der Waals surface area (Å²) in [6, 6.07) is 6.03. The monoisotopic (exact) mass is 351 g/mol. The molecular weight excluding hydrogens is 318 g/mol. The average molecular weight is 351 g/mol. The maximum absolute atomic E-state index is 11.6. The minimum Gasteiger partial charge on any atom is -0.463 e. The molecule has 0 spiro atoms. The van der Waals surface area contributed by atoms with Crippen LogP contribution in [-0.2, 0) is 22.5 Å². The van der Waals surface area contributed by atoms with Gasteiger partial charge in [-0.05, 0) is 44.9 Å². The molecule has 5 nitrogen and oxygen atoms in total. The molecule has 1 aromatic rings. The zero-order valence-electron chi connectivity index (χ0n) is 16.7. The first-order chi connectivity index (χ1) is 11.6. The van der Waals surface area contributed by atoms with Gasteiger partial charge in [0.1, 0.15) is 11.4 Å². The van der Waals surface area contributed by atoms with Crippen molar-refractivity contribution in [3.05, 3.63) is 29.3 Å². The van der Waals surface area contributed by atoms with Gasteiger partial charge in [0.25, 0.3) is 0 Å². The van der Waals surface area contributed by atoms with Gasteiger partial charge < -0.3 is 19.5 Å². The third-order valence-corrected chi connectivity index (χ3v) is 3.14. The lowest BCUT2D eigenvalue weighted by molar-refractivity contribution is -0.180. The molecule has 0 aromatic heterocycles. The number of benzene rings is 1. The molecule has 25 heavy (non-hydrogen) atoms. The molecule has 0 bridgehead atoms. The fraction of sp³-hybridized carbons (Fsp3) is 0.650. The number of carbonyl (C=O) groups is 1. The third-order valence-electron chi connectivity index (χ3n) is 3.14. The number of ether oxygens (including phenoxy) is 3. The van der Waals surface area contributed by atoms with Crippen molar-refractivity contribution in [1.82, 2.24) is 5.32 Å². The van der Waals surface area contributed by atoms with E-state index in [1.54, 1.807) is 0 Å². The molecule has 142 valence electrons. The summed E-state index contributed by atoms with van der Waals surface area (Å²) in [6.45, 7) is 14.6. The molecule has 0 aliphatic carbocycles. The Kier molecular flexibility index (Phi) is 7.74. The van der Waals surface area contributed by atoms with Crippen molar-refractivity contribution >= 4 is 6.09 Å². The molecule has 0 saturated heterocycles. The second-order valence-electron chi connectivity index (χ2n) is 7.62. The van der Waals surface area contributed by atoms with Crippen molar-refractivity contribution in [2.75, 3.05) is 6.54 Å². The van der Waals surface area contributed by atoms with Crippen LogP contribution in [0.5, 0.6) is 5.75 Å². The maximum atomic E-state index is 11.6. The van der Waals surface area contributed by atoms with E-state index in [2.05, 4.69) is 25.2 Å². The number of fused-ring (bicyclic) bond motifs is 1. The molecule has 1 N–H and O–H groups in total. The van der Waals surface area contributed by atoms with E-state index in [9.17, 15) is 4.79 Å². The summed E-state index contributed by atoms with van der Waals surface area (Å²) in [6.07, 6.45) is 1.59. The summed E-state index contributed by atoms with van der Waals surface area (Å²) in [5, 5.41) is 2.76. The number of alkyl carbamates (subject to hydrolysis) is 1. The summed E-state index contributed by atoms with van der Waals surface area (Å²) in [4.78, 5) is 11.6. The first-order valence-corrected chi connectivity index (χ1v) is 8.98. The highest BCUT2D eigenvalue weighted by molar-refractivity contribution is 5.67. The van der Waals surface area contributed by atoms with Crippen LogP contribution >= 0.6 is 0 Å². The molecule has 1 aromatic carbocycles. The van der Waals surface area contributed by atoms with Gasteiger partial charge >= 0.3 is 6.09 Å². The summed E-state index contributed by atoms with van der Waals surface area (Å²) in [5.74, 6) is 0.285. The van der Waals surface area contributed by atoms with Crippen LogP contribution in [0.1, 0.15) is 66.0 Å². The van der Waals surface area contributed by atoms with Gasteiger partial charge in [0.2, 0.25) is 5.79 Å². The maximum Gasteiger partial charge on any atom is 0.407 e. The van der Waals surface area contributed by atoms with E-state index in [4.69, 9.17) is 14.2 Å². The number of amides is 1. The van der Waals surface area contributed by atoms with E-state index in [1.807, 2.05) is 46.8 Å². The van der Waals surface area contributed by atoms with E-state index in [-0.39, 0.29) is 6.09 Å². The summed E-state index contributed by atoms with van der Waals surface area (Å²) < 4.78 is 16.6. The molecule has 0 fully saturated rings. The number of rotatable bonds is 3. The van der Waals surface area contributed by atoms with Crippen molar-refractivity contribution in [3.63, 3.8) is 0 Å². The fourth-order valence-electron chi connectivity index (χ4n) is 2.17. The molecule has 2 rings (SSSR count). The lowest BCUT2D eigenvalue weighted by Gasteiger charge is -2.32. The first kappa shape index (κ1) is 21.3. The van der Waals surface area contributed by atoms with Crippen molar-refractivity contribution in [2.45, 2.75) is 79.3 Å². The van der Waals surface area contributed by atoms with Crippen LogP contribution in [-0.4, -0.2) is 24.0 Å². The van der Waals surface area contributed by atoms with Gasteiger partial charge in [-0.2, -0.15) is 0 Å². The predicted molar refractivity (Wildman–Crippen MR) is 99.8 cm³/mol. The minimum atomic E-state index is -0.577. The fourth-order valence-corrected chi connectivity index (χ4v) is 2.17. The van der Waals surface area contributed by atoms with Crippen molar-refractivity contribution in [2.24, 2.45) is 0 Å². The highest BCUT2D eigenvalue weighted by atomic mass is 16.7. The lowest BCUT2D eigenvalue weighted by Crippen LogP contribution is -2.35. The Morgan fingerprint density at radius 1 is 1.28 bits per heavy atom. The number of carbonyl (C=O) groups excluding carboxylic acids is 1. The normalized spacial score (nSPS) is 15.2. The van der Waals surface area contributed by atoms with Crippen LogP contribution in [0.15, 0.2) is 18.2 Å². The van der Waals surface area contributed by atoms with E-state index in [1.165, 1.54) is 6.42 Å². The van der Waals surface area contributed by atoms with E-state index < -0.39 is 11.4 Å². The summed E-state index contributed by atoms with van der Waals surface area (Å²) in [7, 11) is 0. The molecular formula is C20H33NO4. The number of hydrogen-bond acceptors (Lipinski definition) is 4. The number of nitrogens with one attached hydrogen (secondary N) is 1. The molecule has 0 atom stereocenters. The molecule has 0 saturated carbocycles. The molecule has 1 heterocycles. The summed E-state index contributed by atoms with van der Waals surface area (Å²) >= 11 is 0. The van der Waals surface area contributed by atoms with Gasteiger partial charge in [-0.15, -0.1) is 0 Å². The quantitative estimate of drug-likeness (QED) is 0.848. The summed E-state index contributed by atoms with van der Waals surface area (Å²) in [5.41, 5.74) is 1.69. The minimum absolute atomic E-state index is 0.390. The molecule has 0 unspecified atom stereocenters. The van der Waals surface area contributed by atoms with Gasteiger partial charge in [-0.25, -0.2) is 4.79 Å². The van der Waals surface area contributed by atoms with Crippen LogP contribution in [0.2, 0.25) is 0 Å². The zero-order chi connectivity index (χ0) is 19.1. The largest absolute Gasteiger partial charge is 0.463 e. The van der Waals surface area contributed by atoms with Crippen molar-refractivity contribution < 1.29 is 19.0 Å². The Balaban J connectivity index is 0.000000970. The highest BCUT2D eigenvalue weighted by Gasteiger charge is 2.27. The van der Waals surface area contributed by atoms with E-state index >= 15 is 0 Å². The van der Waals surface area contributed by atoms with E-state index in [0.717, 1.165) is 23.3 Å². The molecule has 0 radical (unpaired) electrons. The Labute approximate surface area is 152 Å². The Hall–Kier alpha value is -1.75. The van der Waals surface area contributed by atoms with Gasteiger partial charge in [0.15, 0.2) is 0 Å². The smallest absolute Gasteiger partial charge is 0.407 e. The molecule has 1 aliphatic rings. The predicted octanol–water partition coefficient (Wildman–Crippen LogP) is 4.82. The van der Waals surface area contributed by atoms with Crippen LogP contribution in [0.25, 0.3) is 0 Å². The van der Waals surface area contributed by atoms with E-state index in [0.29, 0.717) is 13.2 Å². The molecule has 1 aliphatic heterocycles. The first-order valence-electron chi connectivity index (χ1n) is 8.98. The van der Waals surface area contributed by atoms with Crippen molar-refractivity contribution in [3.8, 4) is 5.75 Å². The third kappa shape index (κ3) is 8.25. The molecule has 1 amide bonds. The Bertz CT molecular complexity index is 561. The standard InChI is InChI=1S/C17H25NO4.C3H8/c1-16(2,3)22-15(19)18-9-8-12-6-7-14-13(10-12)11-20-17(4,5)21-14;1-3-2/h6-7,10H,8-9,11H2,1-5H3,(H,18,19);3H2,1-2H3. The second-order valence-corrected chi connectivity index (χ2v) is 7.62. The zero-order valence-corrected chi connectivity index (χ0v) is 16.7. The van der Waals surface area contributed by atoms with Crippen LogP contribution in [0.3, 0.4) is 0 Å². The van der Waals surface area contributed by atoms with Gasteiger partial charge in [-0.3, -0.25) is 0 Å². The van der Waals surface area contributed by atoms with Crippen LogP contribution < -0.4 is 10.1 Å².